The molecule has 2 fully saturated rings. The number of fused-ring (bicyclic) bond motifs is 2. The lowest BCUT2D eigenvalue weighted by atomic mass is 10.0. The van der Waals surface area contributed by atoms with E-state index >= 15 is 0 Å². The fraction of sp³-hybridized carbons (Fsp3) is 0.280. The molecule has 2 aromatic carbocycles. The van der Waals surface area contributed by atoms with Crippen molar-refractivity contribution in [2.75, 3.05) is 20.3 Å². The van der Waals surface area contributed by atoms with Gasteiger partial charge in [-0.05, 0) is 17.2 Å². The van der Waals surface area contributed by atoms with Crippen LogP contribution in [0.3, 0.4) is 0 Å². The Morgan fingerprint density at radius 1 is 0.879 bits per heavy atom. The molecule has 4 aromatic rings. The lowest BCUT2D eigenvalue weighted by Gasteiger charge is -2.15. The SMILES string of the molecule is CO[C@@H]1COC2[C@H](Oc3nc4nc(-c5ccc(-c6ccccc6)cc5)c(Cl)cc4[nH]3)CO[C@@H]21. The molecule has 2 aliphatic heterocycles. The maximum absolute atomic E-state index is 6.57. The first kappa shape index (κ1) is 20.6. The molecule has 0 amide bonds. The predicted molar refractivity (Wildman–Crippen MR) is 124 cm³/mol. The predicted octanol–water partition coefficient (Wildman–Crippen LogP) is 4.51. The fourth-order valence-electron chi connectivity index (χ4n) is 4.48. The minimum Gasteiger partial charge on any atom is -0.456 e. The van der Waals surface area contributed by atoms with E-state index in [0.29, 0.717) is 41.1 Å². The zero-order chi connectivity index (χ0) is 22.4. The molecule has 6 rings (SSSR count). The van der Waals surface area contributed by atoms with Crippen molar-refractivity contribution < 1.29 is 18.9 Å². The Bertz CT molecular complexity index is 1280. The number of aromatic amines is 1. The Kier molecular flexibility index (Phi) is 5.27. The van der Waals surface area contributed by atoms with Crippen LogP contribution in [0.15, 0.2) is 60.7 Å². The molecule has 2 aromatic heterocycles. The van der Waals surface area contributed by atoms with Gasteiger partial charge >= 0.3 is 0 Å². The molecule has 4 atom stereocenters. The van der Waals surface area contributed by atoms with Gasteiger partial charge in [0.1, 0.15) is 18.3 Å². The third-order valence-electron chi connectivity index (χ3n) is 6.20. The van der Waals surface area contributed by atoms with Crippen LogP contribution < -0.4 is 4.74 Å². The molecule has 7 nitrogen and oxygen atoms in total. The number of hydrogen-bond donors (Lipinski definition) is 1. The first-order chi connectivity index (χ1) is 16.2. The number of halogens is 1. The minimum atomic E-state index is -0.267. The Hall–Kier alpha value is -2.97. The normalized spacial score (nSPS) is 24.3. The molecule has 8 heteroatoms. The summed E-state index contributed by atoms with van der Waals surface area (Å²) in [4.78, 5) is 12.4. The number of imidazole rings is 1. The highest BCUT2D eigenvalue weighted by atomic mass is 35.5. The van der Waals surface area contributed by atoms with Gasteiger partial charge in [-0.25, -0.2) is 4.98 Å². The Morgan fingerprint density at radius 3 is 2.30 bits per heavy atom. The molecule has 2 saturated heterocycles. The van der Waals surface area contributed by atoms with Gasteiger partial charge in [-0.15, -0.1) is 0 Å². The Morgan fingerprint density at radius 2 is 1.55 bits per heavy atom. The fourth-order valence-corrected chi connectivity index (χ4v) is 4.74. The zero-order valence-electron chi connectivity index (χ0n) is 17.9. The van der Waals surface area contributed by atoms with Gasteiger partial charge in [0.2, 0.25) is 0 Å². The van der Waals surface area contributed by atoms with Crippen LogP contribution in [0.4, 0.5) is 0 Å². The second-order valence-corrected chi connectivity index (χ2v) is 8.61. The molecule has 0 spiro atoms. The number of hydrogen-bond acceptors (Lipinski definition) is 6. The number of benzene rings is 2. The number of ether oxygens (including phenoxy) is 4. The molecule has 2 aliphatic rings. The number of nitrogens with zero attached hydrogens (tertiary/aromatic N) is 2. The number of H-pyrrole nitrogens is 1. The average Bonchev–Trinajstić information content (AvgIpc) is 3.55. The van der Waals surface area contributed by atoms with E-state index in [1.165, 1.54) is 0 Å². The molecule has 0 bridgehead atoms. The van der Waals surface area contributed by atoms with E-state index in [1.807, 2.05) is 36.4 Å². The first-order valence-corrected chi connectivity index (χ1v) is 11.2. The lowest BCUT2D eigenvalue weighted by Crippen LogP contribution is -2.35. The molecule has 1 N–H and O–H groups in total. The molecular weight excluding hydrogens is 442 g/mol. The summed E-state index contributed by atoms with van der Waals surface area (Å²) in [6, 6.07) is 20.6. The smallest absolute Gasteiger partial charge is 0.296 e. The zero-order valence-corrected chi connectivity index (χ0v) is 18.7. The number of nitrogens with one attached hydrogen (secondary N) is 1. The molecule has 33 heavy (non-hydrogen) atoms. The largest absolute Gasteiger partial charge is 0.456 e. The molecule has 0 saturated carbocycles. The van der Waals surface area contributed by atoms with Crippen LogP contribution in [0, 0.1) is 0 Å². The van der Waals surface area contributed by atoms with Gasteiger partial charge in [-0.2, -0.15) is 4.98 Å². The van der Waals surface area contributed by atoms with Crippen LogP contribution in [0.2, 0.25) is 5.02 Å². The summed E-state index contributed by atoms with van der Waals surface area (Å²) in [5.74, 6) is 0. The highest BCUT2D eigenvalue weighted by Crippen LogP contribution is 2.33. The summed E-state index contributed by atoms with van der Waals surface area (Å²) in [7, 11) is 1.66. The summed E-state index contributed by atoms with van der Waals surface area (Å²) in [5.41, 5.74) is 5.13. The van der Waals surface area contributed by atoms with Gasteiger partial charge in [0.05, 0.1) is 29.4 Å². The molecule has 1 unspecified atom stereocenters. The average molecular weight is 464 g/mol. The van der Waals surface area contributed by atoms with Crippen molar-refractivity contribution in [1.29, 1.82) is 0 Å². The summed E-state index contributed by atoms with van der Waals surface area (Å²) < 4.78 is 23.1. The summed E-state index contributed by atoms with van der Waals surface area (Å²) in [5, 5.41) is 0.538. The van der Waals surface area contributed by atoms with E-state index in [2.05, 4.69) is 34.2 Å². The number of aromatic nitrogens is 3. The van der Waals surface area contributed by atoms with Crippen molar-refractivity contribution in [3.63, 3.8) is 0 Å². The van der Waals surface area contributed by atoms with Crippen LogP contribution in [-0.4, -0.2) is 59.7 Å². The maximum atomic E-state index is 6.57. The monoisotopic (exact) mass is 463 g/mol. The third kappa shape index (κ3) is 3.77. The molecule has 0 aliphatic carbocycles. The van der Waals surface area contributed by atoms with Crippen molar-refractivity contribution in [2.24, 2.45) is 0 Å². The van der Waals surface area contributed by atoms with Crippen molar-refractivity contribution in [1.82, 2.24) is 15.0 Å². The Labute approximate surface area is 195 Å². The maximum Gasteiger partial charge on any atom is 0.296 e. The van der Waals surface area contributed by atoms with E-state index < -0.39 is 0 Å². The van der Waals surface area contributed by atoms with Gasteiger partial charge in [-0.1, -0.05) is 66.2 Å². The highest BCUT2D eigenvalue weighted by Gasteiger charge is 2.49. The summed E-state index contributed by atoms with van der Waals surface area (Å²) >= 11 is 6.57. The minimum absolute atomic E-state index is 0.0735. The van der Waals surface area contributed by atoms with Gasteiger partial charge in [0.25, 0.3) is 6.01 Å². The summed E-state index contributed by atoms with van der Waals surface area (Å²) in [6.45, 7) is 0.912. The van der Waals surface area contributed by atoms with Crippen LogP contribution in [0.25, 0.3) is 33.5 Å². The van der Waals surface area contributed by atoms with E-state index in [1.54, 1.807) is 7.11 Å². The van der Waals surface area contributed by atoms with Crippen LogP contribution in [-0.2, 0) is 14.2 Å². The van der Waals surface area contributed by atoms with E-state index in [0.717, 1.165) is 16.7 Å². The second-order valence-electron chi connectivity index (χ2n) is 8.20. The van der Waals surface area contributed by atoms with E-state index in [4.69, 9.17) is 35.5 Å². The number of pyridine rings is 1. The standard InChI is InChI=1S/C25H22ClN3O4/c1-30-19-12-31-23-20(13-32-22(19)23)33-25-27-18-11-17(26)21(28-24(18)29-25)16-9-7-15(8-10-16)14-5-3-2-4-6-14/h2-11,19-20,22-23H,12-13H2,1H3,(H,27,28,29)/t19-,20-,22-,23?/m1/s1. The van der Waals surface area contributed by atoms with Crippen LogP contribution >= 0.6 is 11.6 Å². The lowest BCUT2D eigenvalue weighted by molar-refractivity contribution is -0.0145. The van der Waals surface area contributed by atoms with Crippen molar-refractivity contribution in [3.05, 3.63) is 65.7 Å². The van der Waals surface area contributed by atoms with Gasteiger partial charge < -0.3 is 23.9 Å². The number of methoxy groups -OCH3 is 1. The second kappa shape index (κ2) is 8.43. The molecule has 4 heterocycles. The molecule has 0 radical (unpaired) electrons. The van der Waals surface area contributed by atoms with Gasteiger partial charge in [-0.3, -0.25) is 0 Å². The quantitative estimate of drug-likeness (QED) is 0.469. The third-order valence-corrected chi connectivity index (χ3v) is 6.49. The van der Waals surface area contributed by atoms with Crippen LogP contribution in [0.1, 0.15) is 0 Å². The Balaban J connectivity index is 1.24. The summed E-state index contributed by atoms with van der Waals surface area (Å²) in [6.07, 6.45) is -0.646. The van der Waals surface area contributed by atoms with Crippen molar-refractivity contribution >= 4 is 22.8 Å². The van der Waals surface area contributed by atoms with Crippen molar-refractivity contribution in [3.8, 4) is 28.4 Å². The number of rotatable bonds is 5. The highest BCUT2D eigenvalue weighted by molar-refractivity contribution is 6.33. The molecule has 168 valence electrons. The molecular formula is C25H22ClN3O4. The van der Waals surface area contributed by atoms with Gasteiger partial charge in [0, 0.05) is 12.7 Å². The topological polar surface area (TPSA) is 78.5 Å². The van der Waals surface area contributed by atoms with E-state index in [-0.39, 0.29) is 24.4 Å². The first-order valence-electron chi connectivity index (χ1n) is 10.8. The van der Waals surface area contributed by atoms with Crippen LogP contribution in [0.5, 0.6) is 6.01 Å². The van der Waals surface area contributed by atoms with Crippen molar-refractivity contribution in [2.45, 2.75) is 24.4 Å². The van der Waals surface area contributed by atoms with E-state index in [9.17, 15) is 0 Å². The van der Waals surface area contributed by atoms with Gasteiger partial charge in [0.15, 0.2) is 11.8 Å².